The Hall–Kier alpha value is -1.13. The third kappa shape index (κ3) is 3.17. The Bertz CT molecular complexity index is 540. The van der Waals surface area contributed by atoms with E-state index in [0.717, 1.165) is 11.1 Å². The van der Waals surface area contributed by atoms with E-state index in [0.29, 0.717) is 21.7 Å². The van der Waals surface area contributed by atoms with Crippen LogP contribution in [-0.4, -0.2) is 4.98 Å². The molecule has 0 atom stereocenters. The van der Waals surface area contributed by atoms with Crippen LogP contribution in [0.3, 0.4) is 0 Å². The Kier molecular flexibility index (Phi) is 3.64. The summed E-state index contributed by atoms with van der Waals surface area (Å²) in [6.45, 7) is 0. The van der Waals surface area contributed by atoms with Gasteiger partial charge < -0.3 is 5.73 Å². The molecule has 0 saturated heterocycles. The number of nitrogen functional groups attached to an aromatic ring is 1. The molecule has 0 aliphatic carbocycles. The molecule has 0 radical (unpaired) electrons. The summed E-state index contributed by atoms with van der Waals surface area (Å²) >= 11 is 9.09. The van der Waals surface area contributed by atoms with Gasteiger partial charge >= 0.3 is 0 Å². The second-order valence-corrected chi connectivity index (χ2v) is 5.00. The molecule has 2 N–H and O–H groups in total. The van der Waals surface area contributed by atoms with Gasteiger partial charge in [0.05, 0.1) is 5.02 Å². The van der Waals surface area contributed by atoms with Gasteiger partial charge in [-0.15, -0.1) is 0 Å². The molecule has 2 rings (SSSR count). The van der Waals surface area contributed by atoms with Crippen molar-refractivity contribution in [1.29, 1.82) is 0 Å². The number of halogens is 3. The third-order valence-electron chi connectivity index (χ3n) is 2.29. The molecule has 0 saturated carbocycles. The molecule has 2 aromatic rings. The summed E-state index contributed by atoms with van der Waals surface area (Å²) in [5.74, 6) is 0.123. The largest absolute Gasteiger partial charge is 0.383 e. The van der Waals surface area contributed by atoms with Gasteiger partial charge in [0, 0.05) is 22.7 Å². The molecular weight excluding hydrogens is 307 g/mol. The highest BCUT2D eigenvalue weighted by Gasteiger charge is 2.05. The average molecular weight is 316 g/mol. The fraction of sp³-hybridized carbons (Fsp3) is 0.0833. The number of benzene rings is 1. The van der Waals surface area contributed by atoms with Crippen LogP contribution >= 0.6 is 27.5 Å². The summed E-state index contributed by atoms with van der Waals surface area (Å²) in [6.07, 6.45) is 1.98. The van der Waals surface area contributed by atoms with Crippen molar-refractivity contribution in [2.45, 2.75) is 6.42 Å². The van der Waals surface area contributed by atoms with E-state index in [1.165, 1.54) is 18.3 Å². The quantitative estimate of drug-likeness (QED) is 0.915. The zero-order valence-electron chi connectivity index (χ0n) is 8.75. The van der Waals surface area contributed by atoms with E-state index >= 15 is 0 Å². The lowest BCUT2D eigenvalue weighted by atomic mass is 10.1. The average Bonchev–Trinajstić information content (AvgIpc) is 2.22. The Morgan fingerprint density at radius 3 is 2.76 bits per heavy atom. The third-order valence-corrected chi connectivity index (χ3v) is 2.95. The lowest BCUT2D eigenvalue weighted by molar-refractivity contribution is 0.625. The number of hydrogen-bond acceptors (Lipinski definition) is 2. The number of rotatable bonds is 2. The van der Waals surface area contributed by atoms with Crippen molar-refractivity contribution in [1.82, 2.24) is 4.98 Å². The zero-order chi connectivity index (χ0) is 12.4. The van der Waals surface area contributed by atoms with Crippen LogP contribution in [0.5, 0.6) is 0 Å². The van der Waals surface area contributed by atoms with E-state index in [4.69, 9.17) is 17.3 Å². The maximum Gasteiger partial charge on any atom is 0.126 e. The van der Waals surface area contributed by atoms with Crippen LogP contribution in [0.25, 0.3) is 0 Å². The molecule has 17 heavy (non-hydrogen) atoms. The monoisotopic (exact) mass is 314 g/mol. The van der Waals surface area contributed by atoms with Crippen LogP contribution in [0.15, 0.2) is 34.9 Å². The summed E-state index contributed by atoms with van der Waals surface area (Å²) in [7, 11) is 0. The molecule has 0 spiro atoms. The molecule has 0 amide bonds. The van der Waals surface area contributed by atoms with Crippen LogP contribution in [0.4, 0.5) is 10.2 Å². The highest BCUT2D eigenvalue weighted by atomic mass is 79.9. The standard InChI is InChI=1S/C12H9BrClFN2/c13-9-2-7(3-11(15)5-9)1-8-4-10(14)6-17-12(8)16/h2-6H,1H2,(H2,16,17). The number of aromatic nitrogens is 1. The summed E-state index contributed by atoms with van der Waals surface area (Å²) in [5, 5.41) is 0.518. The van der Waals surface area contributed by atoms with Crippen LogP contribution < -0.4 is 5.73 Å². The minimum atomic E-state index is -0.289. The summed E-state index contributed by atoms with van der Waals surface area (Å²) in [4.78, 5) is 3.96. The Balaban J connectivity index is 2.34. The number of pyridine rings is 1. The van der Waals surface area contributed by atoms with Gasteiger partial charge in [0.2, 0.25) is 0 Å². The molecule has 0 bridgehead atoms. The fourth-order valence-corrected chi connectivity index (χ4v) is 2.26. The van der Waals surface area contributed by atoms with E-state index in [1.54, 1.807) is 6.07 Å². The molecular formula is C12H9BrClFN2. The SMILES string of the molecule is Nc1ncc(Cl)cc1Cc1cc(F)cc(Br)c1. The molecule has 0 aliphatic rings. The highest BCUT2D eigenvalue weighted by molar-refractivity contribution is 9.10. The molecule has 1 aromatic heterocycles. The van der Waals surface area contributed by atoms with Crippen molar-refractivity contribution >= 4 is 33.3 Å². The molecule has 1 heterocycles. The first-order valence-electron chi connectivity index (χ1n) is 4.89. The molecule has 88 valence electrons. The topological polar surface area (TPSA) is 38.9 Å². The van der Waals surface area contributed by atoms with Crippen LogP contribution in [0.1, 0.15) is 11.1 Å². The molecule has 1 aromatic carbocycles. The first-order valence-corrected chi connectivity index (χ1v) is 6.06. The Morgan fingerprint density at radius 1 is 1.29 bits per heavy atom. The first-order chi connectivity index (χ1) is 8.04. The van der Waals surface area contributed by atoms with Gasteiger partial charge in [-0.3, -0.25) is 0 Å². The minimum absolute atomic E-state index is 0.289. The van der Waals surface area contributed by atoms with Gasteiger partial charge in [0.15, 0.2) is 0 Å². The summed E-state index contributed by atoms with van der Waals surface area (Å²) in [6, 6.07) is 6.44. The normalized spacial score (nSPS) is 10.5. The van der Waals surface area contributed by atoms with E-state index < -0.39 is 0 Å². The van der Waals surface area contributed by atoms with E-state index in [1.807, 2.05) is 6.07 Å². The fourth-order valence-electron chi connectivity index (χ4n) is 1.57. The van der Waals surface area contributed by atoms with Crippen molar-refractivity contribution in [3.05, 3.63) is 56.9 Å². The van der Waals surface area contributed by atoms with Crippen molar-refractivity contribution in [3.8, 4) is 0 Å². The predicted octanol–water partition coefficient (Wildman–Crippen LogP) is 3.81. The second kappa shape index (κ2) is 5.02. The predicted molar refractivity (Wildman–Crippen MR) is 70.6 cm³/mol. The van der Waals surface area contributed by atoms with Crippen LogP contribution in [0, 0.1) is 5.82 Å². The van der Waals surface area contributed by atoms with Crippen molar-refractivity contribution in [3.63, 3.8) is 0 Å². The highest BCUT2D eigenvalue weighted by Crippen LogP contribution is 2.21. The lowest BCUT2D eigenvalue weighted by Crippen LogP contribution is -1.99. The van der Waals surface area contributed by atoms with Crippen molar-refractivity contribution < 1.29 is 4.39 Å². The maximum absolute atomic E-state index is 13.2. The smallest absolute Gasteiger partial charge is 0.126 e. The van der Waals surface area contributed by atoms with Crippen LogP contribution in [-0.2, 0) is 6.42 Å². The summed E-state index contributed by atoms with van der Waals surface area (Å²) in [5.41, 5.74) is 7.34. The van der Waals surface area contributed by atoms with Gasteiger partial charge in [0.25, 0.3) is 0 Å². The molecule has 2 nitrogen and oxygen atoms in total. The number of anilines is 1. The zero-order valence-corrected chi connectivity index (χ0v) is 11.1. The van der Waals surface area contributed by atoms with Gasteiger partial charge in [0.1, 0.15) is 11.6 Å². The van der Waals surface area contributed by atoms with Crippen molar-refractivity contribution in [2.75, 3.05) is 5.73 Å². The first kappa shape index (κ1) is 12.3. The number of nitrogens with zero attached hydrogens (tertiary/aromatic N) is 1. The van der Waals surface area contributed by atoms with Gasteiger partial charge in [-0.2, -0.15) is 0 Å². The number of nitrogens with two attached hydrogens (primary N) is 1. The Labute approximate surface area is 112 Å². The Morgan fingerprint density at radius 2 is 2.06 bits per heavy atom. The van der Waals surface area contributed by atoms with E-state index in [-0.39, 0.29) is 5.82 Å². The second-order valence-electron chi connectivity index (χ2n) is 3.65. The molecule has 0 fully saturated rings. The van der Waals surface area contributed by atoms with Gasteiger partial charge in [-0.05, 0) is 29.8 Å². The van der Waals surface area contributed by atoms with E-state index in [2.05, 4.69) is 20.9 Å². The van der Waals surface area contributed by atoms with E-state index in [9.17, 15) is 4.39 Å². The maximum atomic E-state index is 13.2. The van der Waals surface area contributed by atoms with Gasteiger partial charge in [-0.25, -0.2) is 9.37 Å². The van der Waals surface area contributed by atoms with Crippen molar-refractivity contribution in [2.24, 2.45) is 0 Å². The molecule has 5 heteroatoms. The summed E-state index contributed by atoms with van der Waals surface area (Å²) < 4.78 is 13.9. The molecule has 0 unspecified atom stereocenters. The number of hydrogen-bond donors (Lipinski definition) is 1. The minimum Gasteiger partial charge on any atom is -0.383 e. The van der Waals surface area contributed by atoms with Gasteiger partial charge in [-0.1, -0.05) is 27.5 Å². The molecule has 0 aliphatic heterocycles. The van der Waals surface area contributed by atoms with Crippen LogP contribution in [0.2, 0.25) is 5.02 Å². The lowest BCUT2D eigenvalue weighted by Gasteiger charge is -2.06.